The third-order valence-electron chi connectivity index (χ3n) is 4.15. The summed E-state index contributed by atoms with van der Waals surface area (Å²) >= 11 is 0. The minimum Gasteiger partial charge on any atom is -0.369 e. The molecule has 1 saturated heterocycles. The largest absolute Gasteiger partial charge is 0.369 e. The first-order valence-electron chi connectivity index (χ1n) is 7.11. The van der Waals surface area contributed by atoms with E-state index >= 15 is 0 Å². The Bertz CT molecular complexity index is 478. The summed E-state index contributed by atoms with van der Waals surface area (Å²) in [5.41, 5.74) is 9.13. The molecule has 0 spiro atoms. The molecule has 100 valence electrons. The van der Waals surface area contributed by atoms with Gasteiger partial charge in [-0.3, -0.25) is 9.69 Å². The molecule has 3 rings (SSSR count). The fourth-order valence-corrected chi connectivity index (χ4v) is 3.17. The quantitative estimate of drug-likeness (QED) is 0.897. The Balaban J connectivity index is 1.80. The summed E-state index contributed by atoms with van der Waals surface area (Å²) in [5.74, 6) is -0.599. The van der Waals surface area contributed by atoms with Gasteiger partial charge in [-0.25, -0.2) is 0 Å². The highest BCUT2D eigenvalue weighted by molar-refractivity contribution is 5.84. The minimum absolute atomic E-state index is 0.284. The van der Waals surface area contributed by atoms with E-state index in [-0.39, 0.29) is 11.8 Å². The van der Waals surface area contributed by atoms with Crippen molar-refractivity contribution < 1.29 is 4.79 Å². The van der Waals surface area contributed by atoms with Crippen molar-refractivity contribution in [2.45, 2.75) is 38.1 Å². The average Bonchev–Trinajstić information content (AvgIpc) is 2.90. The monoisotopic (exact) mass is 256 g/mol. The first-order chi connectivity index (χ1) is 9.24. The van der Waals surface area contributed by atoms with Gasteiger partial charge in [0.2, 0.25) is 5.91 Å². The van der Waals surface area contributed by atoms with Crippen LogP contribution < -0.4 is 5.73 Å². The molecule has 1 aromatic carbocycles. The molecule has 3 nitrogen and oxygen atoms in total. The smallest absolute Gasteiger partial charge is 0.225 e. The number of hydrogen-bond acceptors (Lipinski definition) is 2. The van der Waals surface area contributed by atoms with Crippen molar-refractivity contribution in [2.75, 3.05) is 13.1 Å². The summed E-state index contributed by atoms with van der Waals surface area (Å²) in [6.45, 7) is 3.45. The molecule has 0 bridgehead atoms. The lowest BCUT2D eigenvalue weighted by Gasteiger charge is -2.24. The number of aryl methyl sites for hydroxylation is 1. The lowest BCUT2D eigenvalue weighted by molar-refractivity contribution is -0.118. The molecule has 1 unspecified atom stereocenters. The molecule has 1 heterocycles. The van der Waals surface area contributed by atoms with Crippen LogP contribution in [0.2, 0.25) is 0 Å². The maximum absolute atomic E-state index is 11.4. The normalized spacial score (nSPS) is 23.3. The number of benzene rings is 1. The predicted octanol–water partition coefficient (Wildman–Crippen LogP) is 1.88. The van der Waals surface area contributed by atoms with Crippen LogP contribution in [0.5, 0.6) is 0 Å². The second-order valence-corrected chi connectivity index (χ2v) is 5.56. The number of fused-ring (bicyclic) bond motifs is 1. The molecule has 1 aliphatic carbocycles. The molecular formula is C16H20N2O. The SMILES string of the molecule is NC(=O)C1[C]CCc2cc(CN3CCCC3)ccc21. The van der Waals surface area contributed by atoms with E-state index in [1.165, 1.54) is 37.1 Å². The van der Waals surface area contributed by atoms with Gasteiger partial charge >= 0.3 is 0 Å². The van der Waals surface area contributed by atoms with Crippen molar-refractivity contribution in [1.82, 2.24) is 4.90 Å². The van der Waals surface area contributed by atoms with Crippen molar-refractivity contribution >= 4 is 5.91 Å². The fraction of sp³-hybridized carbons (Fsp3) is 0.500. The summed E-state index contributed by atoms with van der Waals surface area (Å²) in [6.07, 6.45) is 7.62. The number of primary amides is 1. The van der Waals surface area contributed by atoms with Crippen LogP contribution in [0.1, 0.15) is 41.9 Å². The molecule has 19 heavy (non-hydrogen) atoms. The summed E-state index contributed by atoms with van der Waals surface area (Å²) in [5, 5.41) is 0. The van der Waals surface area contributed by atoms with Gasteiger partial charge in [0.1, 0.15) is 0 Å². The Morgan fingerprint density at radius 1 is 1.37 bits per heavy atom. The number of nitrogens with zero attached hydrogens (tertiary/aromatic N) is 1. The van der Waals surface area contributed by atoms with Gasteiger partial charge in [0.05, 0.1) is 5.92 Å². The molecule has 1 aliphatic heterocycles. The second-order valence-electron chi connectivity index (χ2n) is 5.56. The second kappa shape index (κ2) is 5.33. The lowest BCUT2D eigenvalue weighted by Crippen LogP contribution is -2.26. The van der Waals surface area contributed by atoms with E-state index < -0.39 is 0 Å². The van der Waals surface area contributed by atoms with Crippen molar-refractivity contribution in [3.05, 3.63) is 41.3 Å². The molecule has 1 amide bonds. The molecule has 1 aromatic rings. The zero-order valence-corrected chi connectivity index (χ0v) is 11.2. The van der Waals surface area contributed by atoms with Crippen LogP contribution in [-0.2, 0) is 17.8 Å². The molecule has 2 radical (unpaired) electrons. The highest BCUT2D eigenvalue weighted by Gasteiger charge is 2.25. The first-order valence-corrected chi connectivity index (χ1v) is 7.11. The van der Waals surface area contributed by atoms with E-state index in [2.05, 4.69) is 29.5 Å². The topological polar surface area (TPSA) is 46.3 Å². The molecule has 3 heteroatoms. The summed E-state index contributed by atoms with van der Waals surface area (Å²) in [4.78, 5) is 13.9. The Labute approximate surface area is 114 Å². The third kappa shape index (κ3) is 2.66. The van der Waals surface area contributed by atoms with Crippen LogP contribution in [0.3, 0.4) is 0 Å². The lowest BCUT2D eigenvalue weighted by atomic mass is 9.81. The van der Waals surface area contributed by atoms with Gasteiger partial charge in [0.25, 0.3) is 0 Å². The van der Waals surface area contributed by atoms with Crippen LogP contribution in [0.15, 0.2) is 18.2 Å². The zero-order valence-electron chi connectivity index (χ0n) is 11.2. The molecule has 2 N–H and O–H groups in total. The first kappa shape index (κ1) is 12.7. The van der Waals surface area contributed by atoms with Crippen molar-refractivity contribution in [3.8, 4) is 0 Å². The van der Waals surface area contributed by atoms with E-state index in [1.54, 1.807) is 0 Å². The van der Waals surface area contributed by atoms with Crippen LogP contribution in [0.4, 0.5) is 0 Å². The number of hydrogen-bond donors (Lipinski definition) is 1. The van der Waals surface area contributed by atoms with Crippen molar-refractivity contribution in [3.63, 3.8) is 0 Å². The van der Waals surface area contributed by atoms with Gasteiger partial charge in [-0.15, -0.1) is 0 Å². The maximum Gasteiger partial charge on any atom is 0.225 e. The van der Waals surface area contributed by atoms with Crippen LogP contribution in [-0.4, -0.2) is 23.9 Å². The van der Waals surface area contributed by atoms with Gasteiger partial charge in [-0.2, -0.15) is 0 Å². The van der Waals surface area contributed by atoms with Crippen molar-refractivity contribution in [1.29, 1.82) is 0 Å². The number of likely N-dealkylation sites (tertiary alicyclic amines) is 1. The number of rotatable bonds is 3. The van der Waals surface area contributed by atoms with Crippen molar-refractivity contribution in [2.24, 2.45) is 5.73 Å². The van der Waals surface area contributed by atoms with Gasteiger partial charge in [-0.1, -0.05) is 18.2 Å². The molecule has 0 saturated carbocycles. The van der Waals surface area contributed by atoms with E-state index in [9.17, 15) is 4.79 Å². The highest BCUT2D eigenvalue weighted by atomic mass is 16.1. The van der Waals surface area contributed by atoms with Crippen LogP contribution >= 0.6 is 0 Å². The third-order valence-corrected chi connectivity index (χ3v) is 4.15. The Morgan fingerprint density at radius 3 is 2.89 bits per heavy atom. The van der Waals surface area contributed by atoms with E-state index in [0.29, 0.717) is 0 Å². The highest BCUT2D eigenvalue weighted by Crippen LogP contribution is 2.31. The van der Waals surface area contributed by atoms with Gasteiger partial charge in [0, 0.05) is 13.0 Å². The minimum atomic E-state index is -0.315. The van der Waals surface area contributed by atoms with Crippen LogP contribution in [0.25, 0.3) is 0 Å². The Kier molecular flexibility index (Phi) is 3.56. The Hall–Kier alpha value is -1.35. The maximum atomic E-state index is 11.4. The number of carbonyl (C=O) groups excluding carboxylic acids is 1. The zero-order chi connectivity index (χ0) is 13.2. The summed E-state index contributed by atoms with van der Waals surface area (Å²) < 4.78 is 0. The predicted molar refractivity (Wildman–Crippen MR) is 74.5 cm³/mol. The summed E-state index contributed by atoms with van der Waals surface area (Å²) in [7, 11) is 0. The Morgan fingerprint density at radius 2 is 2.16 bits per heavy atom. The molecular weight excluding hydrogens is 236 g/mol. The average molecular weight is 256 g/mol. The standard InChI is InChI=1S/C16H20N2O/c17-16(19)15-5-3-4-13-10-12(6-7-14(13)15)11-18-8-1-2-9-18/h6-7,10,15H,1-4,8-9,11H2,(H2,17,19). The van der Waals surface area contributed by atoms with E-state index in [1.807, 2.05) is 0 Å². The van der Waals surface area contributed by atoms with E-state index in [0.717, 1.165) is 24.9 Å². The van der Waals surface area contributed by atoms with E-state index in [4.69, 9.17) is 5.73 Å². The molecule has 2 aliphatic rings. The number of nitrogens with two attached hydrogens (primary N) is 1. The number of carbonyl (C=O) groups is 1. The number of amides is 1. The molecule has 1 fully saturated rings. The van der Waals surface area contributed by atoms with Gasteiger partial charge in [0.15, 0.2) is 0 Å². The molecule has 1 atom stereocenters. The van der Waals surface area contributed by atoms with Gasteiger partial charge < -0.3 is 5.73 Å². The fourth-order valence-electron chi connectivity index (χ4n) is 3.17. The molecule has 0 aromatic heterocycles. The summed E-state index contributed by atoms with van der Waals surface area (Å²) in [6, 6.07) is 6.47. The van der Waals surface area contributed by atoms with Gasteiger partial charge in [-0.05, 0) is 55.5 Å². The van der Waals surface area contributed by atoms with Crippen LogP contribution in [0, 0.1) is 6.42 Å².